The number of aliphatic hydroxyl groups excluding tert-OH is 2. The zero-order chi connectivity index (χ0) is 20.7. The van der Waals surface area contributed by atoms with Crippen LogP contribution in [-0.2, 0) is 19.1 Å². The fourth-order valence-electron chi connectivity index (χ4n) is 2.92. The van der Waals surface area contributed by atoms with Crippen molar-refractivity contribution in [2.45, 2.75) is 103 Å². The van der Waals surface area contributed by atoms with E-state index in [0.29, 0.717) is 13.2 Å². The molecule has 0 heterocycles. The molecule has 0 aromatic rings. The van der Waals surface area contributed by atoms with E-state index >= 15 is 0 Å². The van der Waals surface area contributed by atoms with Gasteiger partial charge in [-0.2, -0.15) is 0 Å². The molecule has 0 bridgehead atoms. The van der Waals surface area contributed by atoms with Gasteiger partial charge in [0.2, 0.25) is 0 Å². The van der Waals surface area contributed by atoms with E-state index in [0.717, 1.165) is 89.9 Å². The summed E-state index contributed by atoms with van der Waals surface area (Å²) in [6, 6.07) is 0. The van der Waals surface area contributed by atoms with Crippen LogP contribution < -0.4 is 0 Å². The fourth-order valence-corrected chi connectivity index (χ4v) is 2.92. The van der Waals surface area contributed by atoms with Gasteiger partial charge in [-0.3, -0.25) is 9.59 Å². The Hall–Kier alpha value is -1.14. The van der Waals surface area contributed by atoms with Crippen molar-refractivity contribution < 1.29 is 29.3 Å². The molecular formula is C22H42O6. The predicted molar refractivity (Wildman–Crippen MR) is 110 cm³/mol. The number of rotatable bonds is 21. The molecule has 0 fully saturated rings. The Balaban J connectivity index is 3.32. The summed E-state index contributed by atoms with van der Waals surface area (Å²) in [6.07, 6.45) is 14.7. The predicted octanol–water partition coefficient (Wildman–Crippen LogP) is 4.30. The van der Waals surface area contributed by atoms with Crippen molar-refractivity contribution in [3.05, 3.63) is 0 Å². The monoisotopic (exact) mass is 402 g/mol. The van der Waals surface area contributed by atoms with Crippen LogP contribution in [0.5, 0.6) is 0 Å². The summed E-state index contributed by atoms with van der Waals surface area (Å²) in [7, 11) is 0. The Labute approximate surface area is 171 Å². The fraction of sp³-hybridized carbons (Fsp3) is 0.909. The maximum atomic E-state index is 11.6. The molecule has 166 valence electrons. The van der Waals surface area contributed by atoms with Gasteiger partial charge in [-0.05, 0) is 25.7 Å². The SMILES string of the molecule is O=C(CCC(=O)OCCCCCCCCCO)OCCCCCCCCCO. The molecule has 6 nitrogen and oxygen atoms in total. The minimum absolute atomic E-state index is 0.0881. The Kier molecular flexibility index (Phi) is 21.3. The van der Waals surface area contributed by atoms with Crippen LogP contribution in [0.25, 0.3) is 0 Å². The standard InChI is InChI=1S/C22H42O6/c23-17-11-7-3-1-5-9-13-19-27-21(25)15-16-22(26)28-20-14-10-6-2-4-8-12-18-24/h23-24H,1-20H2. The minimum Gasteiger partial charge on any atom is -0.466 e. The molecule has 0 saturated heterocycles. The van der Waals surface area contributed by atoms with Gasteiger partial charge in [0.1, 0.15) is 0 Å². The molecule has 2 N–H and O–H groups in total. The molecular weight excluding hydrogens is 360 g/mol. The molecule has 0 aliphatic heterocycles. The second-order valence-electron chi connectivity index (χ2n) is 7.34. The van der Waals surface area contributed by atoms with Gasteiger partial charge >= 0.3 is 11.9 Å². The number of esters is 2. The van der Waals surface area contributed by atoms with Crippen LogP contribution in [0.3, 0.4) is 0 Å². The first kappa shape index (κ1) is 26.9. The highest BCUT2D eigenvalue weighted by Gasteiger charge is 2.09. The Bertz CT molecular complexity index is 325. The summed E-state index contributed by atoms with van der Waals surface area (Å²) in [6.45, 7) is 1.39. The molecule has 0 aromatic heterocycles. The smallest absolute Gasteiger partial charge is 0.306 e. The average molecular weight is 403 g/mol. The average Bonchev–Trinajstić information content (AvgIpc) is 2.69. The van der Waals surface area contributed by atoms with E-state index < -0.39 is 0 Å². The summed E-state index contributed by atoms with van der Waals surface area (Å²) in [5, 5.41) is 17.4. The van der Waals surface area contributed by atoms with Crippen molar-refractivity contribution in [3.63, 3.8) is 0 Å². The topological polar surface area (TPSA) is 93.1 Å². The van der Waals surface area contributed by atoms with E-state index in [-0.39, 0.29) is 38.0 Å². The van der Waals surface area contributed by atoms with E-state index in [1.54, 1.807) is 0 Å². The lowest BCUT2D eigenvalue weighted by Crippen LogP contribution is -2.11. The van der Waals surface area contributed by atoms with E-state index in [4.69, 9.17) is 19.7 Å². The summed E-state index contributed by atoms with van der Waals surface area (Å²) in [5.74, 6) is -0.662. The number of aliphatic hydroxyl groups is 2. The van der Waals surface area contributed by atoms with Gasteiger partial charge < -0.3 is 19.7 Å². The zero-order valence-electron chi connectivity index (χ0n) is 17.7. The van der Waals surface area contributed by atoms with Crippen molar-refractivity contribution in [1.82, 2.24) is 0 Å². The quantitative estimate of drug-likeness (QED) is 0.220. The highest BCUT2D eigenvalue weighted by atomic mass is 16.5. The lowest BCUT2D eigenvalue weighted by Gasteiger charge is -2.06. The summed E-state index contributed by atoms with van der Waals surface area (Å²) >= 11 is 0. The van der Waals surface area contributed by atoms with Crippen LogP contribution in [0.2, 0.25) is 0 Å². The lowest BCUT2D eigenvalue weighted by atomic mass is 10.1. The van der Waals surface area contributed by atoms with Crippen LogP contribution in [-0.4, -0.2) is 48.6 Å². The van der Waals surface area contributed by atoms with Gasteiger partial charge in [-0.15, -0.1) is 0 Å². The molecule has 0 aliphatic rings. The van der Waals surface area contributed by atoms with Gasteiger partial charge in [0, 0.05) is 13.2 Å². The first-order chi connectivity index (χ1) is 13.7. The van der Waals surface area contributed by atoms with Crippen molar-refractivity contribution >= 4 is 11.9 Å². The molecule has 0 radical (unpaired) electrons. The number of carbonyl (C=O) groups is 2. The van der Waals surface area contributed by atoms with Gasteiger partial charge in [0.15, 0.2) is 0 Å². The van der Waals surface area contributed by atoms with Crippen LogP contribution in [0.4, 0.5) is 0 Å². The third kappa shape index (κ3) is 21.2. The molecule has 0 spiro atoms. The Morgan fingerprint density at radius 2 is 0.750 bits per heavy atom. The summed E-state index contributed by atoms with van der Waals surface area (Å²) < 4.78 is 10.3. The van der Waals surface area contributed by atoms with Gasteiger partial charge in [0.25, 0.3) is 0 Å². The summed E-state index contributed by atoms with van der Waals surface area (Å²) in [4.78, 5) is 23.2. The Morgan fingerprint density at radius 3 is 1.07 bits per heavy atom. The largest absolute Gasteiger partial charge is 0.466 e. The minimum atomic E-state index is -0.331. The Morgan fingerprint density at radius 1 is 0.464 bits per heavy atom. The molecule has 0 atom stereocenters. The van der Waals surface area contributed by atoms with E-state index in [1.165, 1.54) is 0 Å². The number of ether oxygens (including phenoxy) is 2. The van der Waals surface area contributed by atoms with Crippen LogP contribution in [0, 0.1) is 0 Å². The van der Waals surface area contributed by atoms with Crippen molar-refractivity contribution in [2.75, 3.05) is 26.4 Å². The zero-order valence-corrected chi connectivity index (χ0v) is 17.7. The second-order valence-corrected chi connectivity index (χ2v) is 7.34. The van der Waals surface area contributed by atoms with E-state index in [2.05, 4.69) is 0 Å². The third-order valence-corrected chi connectivity index (χ3v) is 4.66. The molecule has 6 heteroatoms. The first-order valence-electron chi connectivity index (χ1n) is 11.2. The number of unbranched alkanes of at least 4 members (excludes halogenated alkanes) is 12. The number of hydrogen-bond acceptors (Lipinski definition) is 6. The van der Waals surface area contributed by atoms with Crippen molar-refractivity contribution in [2.24, 2.45) is 0 Å². The highest BCUT2D eigenvalue weighted by molar-refractivity contribution is 5.77. The molecule has 0 aliphatic carbocycles. The molecule has 0 amide bonds. The molecule has 0 unspecified atom stereocenters. The molecule has 0 saturated carbocycles. The van der Waals surface area contributed by atoms with Gasteiger partial charge in [-0.1, -0.05) is 64.2 Å². The number of carbonyl (C=O) groups excluding carboxylic acids is 2. The summed E-state index contributed by atoms with van der Waals surface area (Å²) in [5.41, 5.74) is 0. The molecule has 0 rings (SSSR count). The third-order valence-electron chi connectivity index (χ3n) is 4.66. The molecule has 28 heavy (non-hydrogen) atoms. The molecule has 0 aromatic carbocycles. The second kappa shape index (κ2) is 22.2. The maximum absolute atomic E-state index is 11.6. The van der Waals surface area contributed by atoms with E-state index in [1.807, 2.05) is 0 Å². The van der Waals surface area contributed by atoms with Crippen LogP contribution in [0.15, 0.2) is 0 Å². The van der Waals surface area contributed by atoms with Gasteiger partial charge in [-0.25, -0.2) is 0 Å². The number of hydrogen-bond donors (Lipinski definition) is 2. The van der Waals surface area contributed by atoms with Crippen molar-refractivity contribution in [3.8, 4) is 0 Å². The van der Waals surface area contributed by atoms with E-state index in [9.17, 15) is 9.59 Å². The normalized spacial score (nSPS) is 10.8. The van der Waals surface area contributed by atoms with Crippen LogP contribution in [0.1, 0.15) is 103 Å². The van der Waals surface area contributed by atoms with Crippen LogP contribution >= 0.6 is 0 Å². The van der Waals surface area contributed by atoms with Crippen molar-refractivity contribution in [1.29, 1.82) is 0 Å². The lowest BCUT2D eigenvalue weighted by molar-refractivity contribution is -0.150. The maximum Gasteiger partial charge on any atom is 0.306 e. The van der Waals surface area contributed by atoms with Gasteiger partial charge in [0.05, 0.1) is 26.1 Å². The highest BCUT2D eigenvalue weighted by Crippen LogP contribution is 2.08. The first-order valence-corrected chi connectivity index (χ1v) is 11.2.